The van der Waals surface area contributed by atoms with Crippen LogP contribution in [0.25, 0.3) is 0 Å². The molecule has 0 spiro atoms. The highest BCUT2D eigenvalue weighted by molar-refractivity contribution is 6.45. The fourth-order valence-corrected chi connectivity index (χ4v) is 2.50. The molecular weight excluding hydrogens is 345 g/mol. The van der Waals surface area contributed by atoms with Gasteiger partial charge >= 0.3 is 17.8 Å². The van der Waals surface area contributed by atoms with E-state index in [1.807, 2.05) is 0 Å². The summed E-state index contributed by atoms with van der Waals surface area (Å²) in [6.07, 6.45) is 0. The Kier molecular flexibility index (Phi) is 5.23. The van der Waals surface area contributed by atoms with Crippen LogP contribution in [0.15, 0.2) is 18.2 Å². The summed E-state index contributed by atoms with van der Waals surface area (Å²) in [5.41, 5.74) is 0.634. The molecule has 0 radical (unpaired) electrons. The van der Waals surface area contributed by atoms with Crippen LogP contribution in [0, 0.1) is 0 Å². The standard InChI is InChI=1S/C14H13Cl2N3O4/c1-2-18-12(21)13(22)19(14(18)23)7-11(20)17-6-8-3-4-9(15)5-10(8)16/h3-5H,2,6-7H2,1H3,(H,17,20). The van der Waals surface area contributed by atoms with Gasteiger partial charge in [-0.05, 0) is 24.6 Å². The van der Waals surface area contributed by atoms with E-state index in [0.29, 0.717) is 20.5 Å². The molecule has 0 atom stereocenters. The molecule has 0 bridgehead atoms. The number of imide groups is 2. The first-order valence-electron chi connectivity index (χ1n) is 6.73. The summed E-state index contributed by atoms with van der Waals surface area (Å²) in [5, 5.41) is 3.39. The normalized spacial score (nSPS) is 14.7. The second kappa shape index (κ2) is 6.97. The van der Waals surface area contributed by atoms with Crippen molar-refractivity contribution in [3.63, 3.8) is 0 Å². The van der Waals surface area contributed by atoms with Gasteiger partial charge in [0.15, 0.2) is 0 Å². The Bertz CT molecular complexity index is 693. The quantitative estimate of drug-likeness (QED) is 0.637. The van der Waals surface area contributed by atoms with Crippen molar-refractivity contribution in [2.45, 2.75) is 13.5 Å². The third kappa shape index (κ3) is 3.62. The van der Waals surface area contributed by atoms with Gasteiger partial charge in [-0.15, -0.1) is 0 Å². The van der Waals surface area contributed by atoms with Crippen LogP contribution in [-0.2, 0) is 20.9 Å². The number of rotatable bonds is 5. The predicted molar refractivity (Wildman–Crippen MR) is 82.8 cm³/mol. The van der Waals surface area contributed by atoms with Gasteiger partial charge in [-0.3, -0.25) is 19.3 Å². The minimum Gasteiger partial charge on any atom is -0.350 e. The largest absolute Gasteiger partial charge is 0.350 e. The van der Waals surface area contributed by atoms with E-state index in [0.717, 1.165) is 4.90 Å². The van der Waals surface area contributed by atoms with Crippen molar-refractivity contribution in [3.05, 3.63) is 33.8 Å². The molecule has 7 nitrogen and oxygen atoms in total. The first kappa shape index (κ1) is 17.2. The molecule has 122 valence electrons. The third-order valence-electron chi connectivity index (χ3n) is 3.24. The van der Waals surface area contributed by atoms with Crippen molar-refractivity contribution in [1.29, 1.82) is 0 Å². The lowest BCUT2D eigenvalue weighted by Crippen LogP contribution is -2.41. The van der Waals surface area contributed by atoms with Crippen LogP contribution < -0.4 is 5.32 Å². The summed E-state index contributed by atoms with van der Waals surface area (Å²) in [4.78, 5) is 48.4. The third-order valence-corrected chi connectivity index (χ3v) is 3.83. The molecule has 9 heteroatoms. The fraction of sp³-hybridized carbons (Fsp3) is 0.286. The zero-order valence-electron chi connectivity index (χ0n) is 12.1. The number of nitrogens with zero attached hydrogens (tertiary/aromatic N) is 2. The van der Waals surface area contributed by atoms with Crippen LogP contribution in [-0.4, -0.2) is 46.6 Å². The minimum atomic E-state index is -1.00. The maximum atomic E-state index is 11.9. The van der Waals surface area contributed by atoms with Crippen LogP contribution in [0.1, 0.15) is 12.5 Å². The van der Waals surface area contributed by atoms with E-state index in [-0.39, 0.29) is 13.1 Å². The lowest BCUT2D eigenvalue weighted by atomic mass is 10.2. The highest BCUT2D eigenvalue weighted by Crippen LogP contribution is 2.20. The topological polar surface area (TPSA) is 86.8 Å². The highest BCUT2D eigenvalue weighted by atomic mass is 35.5. The fourth-order valence-electron chi connectivity index (χ4n) is 2.03. The molecule has 0 aliphatic carbocycles. The number of amides is 5. The Labute approximate surface area is 142 Å². The van der Waals surface area contributed by atoms with Gasteiger partial charge in [0.2, 0.25) is 5.91 Å². The van der Waals surface area contributed by atoms with Crippen LogP contribution in [0.2, 0.25) is 10.0 Å². The summed E-state index contributed by atoms with van der Waals surface area (Å²) >= 11 is 11.8. The molecule has 1 heterocycles. The van der Waals surface area contributed by atoms with E-state index >= 15 is 0 Å². The van der Waals surface area contributed by atoms with Crippen molar-refractivity contribution in [2.75, 3.05) is 13.1 Å². The number of carbonyl (C=O) groups is 4. The predicted octanol–water partition coefficient (Wildman–Crippen LogP) is 1.42. The van der Waals surface area contributed by atoms with Crippen LogP contribution >= 0.6 is 23.2 Å². The van der Waals surface area contributed by atoms with Gasteiger partial charge in [0.05, 0.1) is 0 Å². The summed E-state index contributed by atoms with van der Waals surface area (Å²) in [6, 6.07) is 4.03. The van der Waals surface area contributed by atoms with Gasteiger partial charge in [-0.2, -0.15) is 0 Å². The van der Waals surface area contributed by atoms with Gasteiger partial charge in [0.1, 0.15) is 6.54 Å². The zero-order chi connectivity index (χ0) is 17.1. The number of urea groups is 1. The number of nitrogens with one attached hydrogen (secondary N) is 1. The molecule has 23 heavy (non-hydrogen) atoms. The number of carbonyl (C=O) groups excluding carboxylic acids is 4. The van der Waals surface area contributed by atoms with E-state index in [2.05, 4.69) is 5.32 Å². The molecule has 1 aliphatic rings. The smallest absolute Gasteiger partial charge is 0.334 e. The SMILES string of the molecule is CCN1C(=O)C(=O)N(CC(=O)NCc2ccc(Cl)cc2Cl)C1=O. The summed E-state index contributed by atoms with van der Waals surface area (Å²) < 4.78 is 0. The number of likely N-dealkylation sites (N-methyl/N-ethyl adjacent to an activating group) is 1. The van der Waals surface area contributed by atoms with Crippen molar-refractivity contribution >= 4 is 47.0 Å². The molecule has 1 aliphatic heterocycles. The van der Waals surface area contributed by atoms with Crippen LogP contribution in [0.5, 0.6) is 0 Å². The molecular formula is C14H13Cl2N3O4. The maximum Gasteiger partial charge on any atom is 0.334 e. The molecule has 1 N–H and O–H groups in total. The van der Waals surface area contributed by atoms with E-state index < -0.39 is 30.3 Å². The molecule has 0 unspecified atom stereocenters. The van der Waals surface area contributed by atoms with E-state index in [1.165, 1.54) is 6.07 Å². The van der Waals surface area contributed by atoms with Crippen molar-refractivity contribution in [1.82, 2.24) is 15.1 Å². The zero-order valence-corrected chi connectivity index (χ0v) is 13.6. The second-order valence-electron chi connectivity index (χ2n) is 4.74. The molecule has 1 aromatic rings. The van der Waals surface area contributed by atoms with Gasteiger partial charge in [-0.25, -0.2) is 9.69 Å². The average molecular weight is 358 g/mol. The number of hydrogen-bond acceptors (Lipinski definition) is 4. The monoisotopic (exact) mass is 357 g/mol. The van der Waals surface area contributed by atoms with E-state index in [9.17, 15) is 19.2 Å². The minimum absolute atomic E-state index is 0.0713. The van der Waals surface area contributed by atoms with Gasteiger partial charge in [-0.1, -0.05) is 29.3 Å². The van der Waals surface area contributed by atoms with Crippen molar-refractivity contribution in [3.8, 4) is 0 Å². The van der Waals surface area contributed by atoms with Crippen molar-refractivity contribution in [2.24, 2.45) is 0 Å². The lowest BCUT2D eigenvalue weighted by Gasteiger charge is -2.14. The molecule has 5 amide bonds. The molecule has 1 fully saturated rings. The molecule has 1 aromatic carbocycles. The molecule has 0 aromatic heterocycles. The Hall–Kier alpha value is -2.12. The number of benzene rings is 1. The summed E-state index contributed by atoms with van der Waals surface area (Å²) in [7, 11) is 0. The second-order valence-corrected chi connectivity index (χ2v) is 5.58. The Morgan fingerprint density at radius 3 is 2.35 bits per heavy atom. The molecule has 2 rings (SSSR count). The number of hydrogen-bond donors (Lipinski definition) is 1. The van der Waals surface area contributed by atoms with Crippen LogP contribution in [0.3, 0.4) is 0 Å². The lowest BCUT2D eigenvalue weighted by molar-refractivity contribution is -0.143. The van der Waals surface area contributed by atoms with Gasteiger partial charge in [0.25, 0.3) is 0 Å². The summed E-state index contributed by atoms with van der Waals surface area (Å²) in [6.45, 7) is 1.22. The van der Waals surface area contributed by atoms with Crippen LogP contribution in [0.4, 0.5) is 4.79 Å². The average Bonchev–Trinajstić information content (AvgIpc) is 2.70. The highest BCUT2D eigenvalue weighted by Gasteiger charge is 2.44. The maximum absolute atomic E-state index is 11.9. The Balaban J connectivity index is 1.96. The first-order chi connectivity index (χ1) is 10.8. The Morgan fingerprint density at radius 2 is 1.78 bits per heavy atom. The molecule has 0 saturated carbocycles. The first-order valence-corrected chi connectivity index (χ1v) is 7.48. The summed E-state index contributed by atoms with van der Waals surface area (Å²) in [5.74, 6) is -2.51. The van der Waals surface area contributed by atoms with Gasteiger partial charge in [0, 0.05) is 23.1 Å². The molecule has 1 saturated heterocycles. The van der Waals surface area contributed by atoms with E-state index in [4.69, 9.17) is 23.2 Å². The van der Waals surface area contributed by atoms with Crippen molar-refractivity contribution < 1.29 is 19.2 Å². The van der Waals surface area contributed by atoms with E-state index in [1.54, 1.807) is 19.1 Å². The number of halogens is 2. The Morgan fingerprint density at radius 1 is 1.13 bits per heavy atom. The van der Waals surface area contributed by atoms with Gasteiger partial charge < -0.3 is 5.32 Å².